The Morgan fingerprint density at radius 1 is 0.857 bits per heavy atom. The van der Waals surface area contributed by atoms with E-state index < -0.39 is 12.0 Å². The smallest absolute Gasteiger partial charge is 0.254 e. The summed E-state index contributed by atoms with van der Waals surface area (Å²) in [5.41, 5.74) is 3.10. The lowest BCUT2D eigenvalue weighted by Crippen LogP contribution is -2.44. The minimum Gasteiger partial charge on any atom is -0.493 e. The Balaban J connectivity index is 1.74. The SMILES string of the molecule is COc1ccc([C@H]2[C@H](C(=O)Nc3ccc(NC(C)=O)cc3)c3ccccc3C(=O)N2C)cc1OC. The number of carbonyl (C=O) groups excluding carboxylic acids is 3. The van der Waals surface area contributed by atoms with Crippen LogP contribution in [0.3, 0.4) is 0 Å². The molecule has 0 unspecified atom stereocenters. The minimum absolute atomic E-state index is 0.163. The van der Waals surface area contributed by atoms with Gasteiger partial charge in [0.1, 0.15) is 0 Å². The third-order valence-corrected chi connectivity index (χ3v) is 6.08. The molecule has 1 heterocycles. The molecule has 35 heavy (non-hydrogen) atoms. The van der Waals surface area contributed by atoms with E-state index in [1.165, 1.54) is 6.92 Å². The van der Waals surface area contributed by atoms with Gasteiger partial charge in [-0.3, -0.25) is 14.4 Å². The van der Waals surface area contributed by atoms with Crippen LogP contribution in [0.1, 0.15) is 40.4 Å². The zero-order valence-electron chi connectivity index (χ0n) is 20.0. The van der Waals surface area contributed by atoms with E-state index in [1.807, 2.05) is 18.2 Å². The average molecular weight is 474 g/mol. The number of benzene rings is 3. The monoisotopic (exact) mass is 473 g/mol. The maximum atomic E-state index is 13.7. The molecule has 3 aromatic rings. The quantitative estimate of drug-likeness (QED) is 0.559. The molecule has 2 atom stereocenters. The van der Waals surface area contributed by atoms with Crippen LogP contribution in [-0.2, 0) is 9.59 Å². The average Bonchev–Trinajstić information content (AvgIpc) is 2.86. The second-order valence-corrected chi connectivity index (χ2v) is 8.29. The summed E-state index contributed by atoms with van der Waals surface area (Å²) in [4.78, 5) is 39.8. The highest BCUT2D eigenvalue weighted by molar-refractivity contribution is 6.04. The summed E-state index contributed by atoms with van der Waals surface area (Å²) in [6, 6.07) is 18.9. The van der Waals surface area contributed by atoms with Crippen molar-refractivity contribution in [2.75, 3.05) is 31.9 Å². The van der Waals surface area contributed by atoms with Crippen LogP contribution in [0.2, 0.25) is 0 Å². The van der Waals surface area contributed by atoms with Crippen LogP contribution in [0.4, 0.5) is 11.4 Å². The lowest BCUT2D eigenvalue weighted by Gasteiger charge is -2.40. The molecule has 0 saturated carbocycles. The highest BCUT2D eigenvalue weighted by atomic mass is 16.5. The predicted octanol–water partition coefficient (Wildman–Crippen LogP) is 4.21. The Bertz CT molecular complexity index is 1270. The number of rotatable bonds is 6. The van der Waals surface area contributed by atoms with Crippen LogP contribution >= 0.6 is 0 Å². The zero-order valence-corrected chi connectivity index (χ0v) is 20.0. The molecule has 0 saturated heterocycles. The van der Waals surface area contributed by atoms with Crippen molar-refractivity contribution in [2.45, 2.75) is 18.9 Å². The number of anilines is 2. The molecule has 1 aliphatic rings. The van der Waals surface area contributed by atoms with Gasteiger partial charge in [-0.25, -0.2) is 0 Å². The molecule has 8 nitrogen and oxygen atoms in total. The molecule has 0 fully saturated rings. The van der Waals surface area contributed by atoms with Gasteiger partial charge in [-0.2, -0.15) is 0 Å². The Kier molecular flexibility index (Phi) is 6.73. The normalized spacial score (nSPS) is 16.8. The summed E-state index contributed by atoms with van der Waals surface area (Å²) in [5, 5.41) is 5.68. The van der Waals surface area contributed by atoms with E-state index in [1.54, 1.807) is 74.7 Å². The third kappa shape index (κ3) is 4.68. The summed E-state index contributed by atoms with van der Waals surface area (Å²) < 4.78 is 10.8. The molecule has 4 rings (SSSR count). The first-order chi connectivity index (χ1) is 16.8. The van der Waals surface area contributed by atoms with Crippen LogP contribution in [0, 0.1) is 0 Å². The van der Waals surface area contributed by atoms with Crippen LogP contribution in [0.15, 0.2) is 66.7 Å². The predicted molar refractivity (Wildman–Crippen MR) is 133 cm³/mol. The van der Waals surface area contributed by atoms with E-state index >= 15 is 0 Å². The first-order valence-corrected chi connectivity index (χ1v) is 11.1. The van der Waals surface area contributed by atoms with Gasteiger partial charge < -0.3 is 25.0 Å². The van der Waals surface area contributed by atoms with Crippen LogP contribution in [-0.4, -0.2) is 43.9 Å². The number of ether oxygens (including phenoxy) is 2. The minimum atomic E-state index is -0.679. The molecule has 0 aromatic heterocycles. The highest BCUT2D eigenvalue weighted by Crippen LogP contribution is 2.44. The van der Waals surface area contributed by atoms with Crippen molar-refractivity contribution < 1.29 is 23.9 Å². The van der Waals surface area contributed by atoms with Crippen molar-refractivity contribution >= 4 is 29.1 Å². The molecule has 8 heteroatoms. The molecule has 3 amide bonds. The van der Waals surface area contributed by atoms with Crippen molar-refractivity contribution in [3.05, 3.63) is 83.4 Å². The number of nitrogens with one attached hydrogen (secondary N) is 2. The molecular weight excluding hydrogens is 446 g/mol. The maximum absolute atomic E-state index is 13.7. The number of nitrogens with zero attached hydrogens (tertiary/aromatic N) is 1. The lowest BCUT2D eigenvalue weighted by atomic mass is 9.79. The van der Waals surface area contributed by atoms with Crippen molar-refractivity contribution in [1.82, 2.24) is 4.90 Å². The second kappa shape index (κ2) is 9.89. The van der Waals surface area contributed by atoms with Crippen molar-refractivity contribution in [3.63, 3.8) is 0 Å². The molecule has 2 N–H and O–H groups in total. The molecular formula is C27H27N3O5. The Hall–Kier alpha value is -4.33. The molecule has 1 aliphatic heterocycles. The standard InChI is InChI=1S/C27H27N3O5/c1-16(31)28-18-10-12-19(13-11-18)29-26(32)24-20-7-5-6-8-21(20)27(33)30(2)25(24)17-9-14-22(34-3)23(15-17)35-4/h5-15,24-25H,1-4H3,(H,28,31)(H,29,32)/t24-,25+/m1/s1. The van der Waals surface area contributed by atoms with Gasteiger partial charge in [0, 0.05) is 30.9 Å². The lowest BCUT2D eigenvalue weighted by molar-refractivity contribution is -0.119. The maximum Gasteiger partial charge on any atom is 0.254 e. The van der Waals surface area contributed by atoms with Gasteiger partial charge in [0.15, 0.2) is 11.5 Å². The molecule has 0 spiro atoms. The summed E-state index contributed by atoms with van der Waals surface area (Å²) in [7, 11) is 4.79. The summed E-state index contributed by atoms with van der Waals surface area (Å²) in [6.07, 6.45) is 0. The van der Waals surface area contributed by atoms with Crippen LogP contribution in [0.5, 0.6) is 11.5 Å². The third-order valence-electron chi connectivity index (χ3n) is 6.08. The number of methoxy groups -OCH3 is 2. The van der Waals surface area contributed by atoms with Gasteiger partial charge in [0.05, 0.1) is 26.2 Å². The highest BCUT2D eigenvalue weighted by Gasteiger charge is 2.42. The first kappa shape index (κ1) is 23.8. The van der Waals surface area contributed by atoms with Crippen LogP contribution < -0.4 is 20.1 Å². The van der Waals surface area contributed by atoms with E-state index in [0.717, 1.165) is 5.56 Å². The Labute approximate surface area is 203 Å². The van der Waals surface area contributed by atoms with Crippen molar-refractivity contribution in [2.24, 2.45) is 0 Å². The van der Waals surface area contributed by atoms with E-state index in [2.05, 4.69) is 10.6 Å². The fraction of sp³-hybridized carbons (Fsp3) is 0.222. The summed E-state index contributed by atoms with van der Waals surface area (Å²) in [6.45, 7) is 1.43. The van der Waals surface area contributed by atoms with Crippen molar-refractivity contribution in [1.29, 1.82) is 0 Å². The van der Waals surface area contributed by atoms with Gasteiger partial charge >= 0.3 is 0 Å². The molecule has 180 valence electrons. The van der Waals surface area contributed by atoms with Crippen molar-refractivity contribution in [3.8, 4) is 11.5 Å². The first-order valence-electron chi connectivity index (χ1n) is 11.1. The number of carbonyl (C=O) groups is 3. The van der Waals surface area contributed by atoms with Gasteiger partial charge in [-0.1, -0.05) is 24.3 Å². The van der Waals surface area contributed by atoms with E-state index in [9.17, 15) is 14.4 Å². The van der Waals surface area contributed by atoms with E-state index in [0.29, 0.717) is 34.0 Å². The van der Waals surface area contributed by atoms with E-state index in [-0.39, 0.29) is 17.7 Å². The number of likely N-dealkylation sites (N-methyl/N-ethyl adjacent to an activating group) is 1. The number of hydrogen-bond acceptors (Lipinski definition) is 5. The number of amides is 3. The summed E-state index contributed by atoms with van der Waals surface area (Å²) >= 11 is 0. The Morgan fingerprint density at radius 3 is 2.11 bits per heavy atom. The zero-order chi connectivity index (χ0) is 25.1. The van der Waals surface area contributed by atoms with Gasteiger partial charge in [-0.05, 0) is 53.6 Å². The van der Waals surface area contributed by atoms with Gasteiger partial charge in [-0.15, -0.1) is 0 Å². The van der Waals surface area contributed by atoms with Gasteiger partial charge in [0.2, 0.25) is 11.8 Å². The Morgan fingerprint density at radius 2 is 1.49 bits per heavy atom. The van der Waals surface area contributed by atoms with Gasteiger partial charge in [0.25, 0.3) is 5.91 Å². The number of hydrogen-bond donors (Lipinski definition) is 2. The molecule has 0 radical (unpaired) electrons. The summed E-state index contributed by atoms with van der Waals surface area (Å²) in [5.74, 6) is -0.208. The molecule has 0 aliphatic carbocycles. The fourth-order valence-electron chi connectivity index (χ4n) is 4.47. The fourth-order valence-corrected chi connectivity index (χ4v) is 4.47. The second-order valence-electron chi connectivity index (χ2n) is 8.29. The van der Waals surface area contributed by atoms with Crippen LogP contribution in [0.25, 0.3) is 0 Å². The van der Waals surface area contributed by atoms with E-state index in [4.69, 9.17) is 9.47 Å². The molecule has 3 aromatic carbocycles. The largest absolute Gasteiger partial charge is 0.493 e. The number of fused-ring (bicyclic) bond motifs is 1. The topological polar surface area (TPSA) is 97.0 Å². The molecule has 0 bridgehead atoms.